The zero-order valence-electron chi connectivity index (χ0n) is 11.0. The summed E-state index contributed by atoms with van der Waals surface area (Å²) in [7, 11) is 0. The van der Waals surface area contributed by atoms with E-state index < -0.39 is 12.0 Å². The maximum atomic E-state index is 12.8. The van der Waals surface area contributed by atoms with Gasteiger partial charge >= 0.3 is 6.18 Å². The zero-order chi connectivity index (χ0) is 14.8. The van der Waals surface area contributed by atoms with Crippen LogP contribution in [0.5, 0.6) is 0 Å². The number of alkyl halides is 3. The summed E-state index contributed by atoms with van der Waals surface area (Å²) in [6.45, 7) is 3.68. The van der Waals surface area contributed by atoms with E-state index in [-0.39, 0.29) is 11.3 Å². The second-order valence-corrected chi connectivity index (χ2v) is 4.22. The van der Waals surface area contributed by atoms with Crippen molar-refractivity contribution in [3.05, 3.63) is 30.1 Å². The molecule has 1 N–H and O–H groups in total. The van der Waals surface area contributed by atoms with Gasteiger partial charge in [-0.3, -0.25) is 5.43 Å². The van der Waals surface area contributed by atoms with Crippen LogP contribution in [0.2, 0.25) is 0 Å². The molecule has 0 saturated heterocycles. The molecule has 106 valence electrons. The van der Waals surface area contributed by atoms with Gasteiger partial charge < -0.3 is 0 Å². The minimum absolute atomic E-state index is 0.0516. The van der Waals surface area contributed by atoms with E-state index in [0.29, 0.717) is 11.8 Å². The lowest BCUT2D eigenvalue weighted by atomic mass is 10.2. The van der Waals surface area contributed by atoms with Crippen LogP contribution in [0.1, 0.15) is 26.1 Å². The smallest absolute Gasteiger partial charge is 0.261 e. The van der Waals surface area contributed by atoms with Gasteiger partial charge in [0.2, 0.25) is 5.82 Å². The molecule has 0 aliphatic carbocycles. The number of benzene rings is 1. The third-order valence-electron chi connectivity index (χ3n) is 2.72. The molecule has 1 heterocycles. The summed E-state index contributed by atoms with van der Waals surface area (Å²) in [4.78, 5) is 7.05. The van der Waals surface area contributed by atoms with Crippen LogP contribution in [0, 0.1) is 0 Å². The van der Waals surface area contributed by atoms with Crippen LogP contribution in [0.25, 0.3) is 10.9 Å². The van der Waals surface area contributed by atoms with Crippen molar-refractivity contribution in [2.75, 3.05) is 5.43 Å². The lowest BCUT2D eigenvalue weighted by molar-refractivity contribution is -0.144. The highest BCUT2D eigenvalue weighted by Gasteiger charge is 2.35. The van der Waals surface area contributed by atoms with Gasteiger partial charge in [0.1, 0.15) is 0 Å². The molecule has 0 amide bonds. The van der Waals surface area contributed by atoms with Gasteiger partial charge in [0.25, 0.3) is 0 Å². The first-order valence-electron chi connectivity index (χ1n) is 6.05. The Balaban J connectivity index is 2.55. The average molecular weight is 282 g/mol. The Morgan fingerprint density at radius 1 is 1.25 bits per heavy atom. The molecule has 0 spiro atoms. The maximum Gasteiger partial charge on any atom is 0.451 e. The lowest BCUT2D eigenvalue weighted by Crippen LogP contribution is -2.12. The monoisotopic (exact) mass is 282 g/mol. The SMILES string of the molecule is CCC(C)=NNc1nc(C(F)(F)F)nc2ccccc12. The van der Waals surface area contributed by atoms with Crippen molar-refractivity contribution < 1.29 is 13.2 Å². The molecule has 1 aromatic heterocycles. The Hall–Kier alpha value is -2.18. The van der Waals surface area contributed by atoms with E-state index in [9.17, 15) is 13.2 Å². The summed E-state index contributed by atoms with van der Waals surface area (Å²) in [6.07, 6.45) is -3.90. The molecule has 2 rings (SSSR count). The van der Waals surface area contributed by atoms with E-state index in [0.717, 1.165) is 5.71 Å². The fourth-order valence-electron chi connectivity index (χ4n) is 1.52. The van der Waals surface area contributed by atoms with Gasteiger partial charge in [-0.15, -0.1) is 0 Å². The number of anilines is 1. The molecule has 0 atom stereocenters. The molecule has 0 unspecified atom stereocenters. The second kappa shape index (κ2) is 5.44. The van der Waals surface area contributed by atoms with Crippen molar-refractivity contribution in [2.24, 2.45) is 5.10 Å². The van der Waals surface area contributed by atoms with Crippen molar-refractivity contribution in [1.29, 1.82) is 0 Å². The number of para-hydroxylation sites is 1. The third kappa shape index (κ3) is 3.04. The summed E-state index contributed by atoms with van der Waals surface area (Å²) in [5, 5.41) is 4.49. The van der Waals surface area contributed by atoms with Gasteiger partial charge in [-0.25, -0.2) is 9.97 Å². The summed E-state index contributed by atoms with van der Waals surface area (Å²) in [6, 6.07) is 6.49. The number of halogens is 3. The number of hydrazone groups is 1. The Morgan fingerprint density at radius 3 is 2.60 bits per heavy atom. The number of rotatable bonds is 3. The maximum absolute atomic E-state index is 12.8. The van der Waals surface area contributed by atoms with Crippen LogP contribution >= 0.6 is 0 Å². The van der Waals surface area contributed by atoms with Crippen LogP contribution in [-0.2, 0) is 6.18 Å². The number of nitrogens with one attached hydrogen (secondary N) is 1. The van der Waals surface area contributed by atoms with Crippen LogP contribution in [0.4, 0.5) is 19.0 Å². The molecule has 20 heavy (non-hydrogen) atoms. The normalized spacial score (nSPS) is 12.8. The Kier molecular flexibility index (Phi) is 3.87. The number of hydrogen-bond acceptors (Lipinski definition) is 4. The summed E-state index contributed by atoms with van der Waals surface area (Å²) < 4.78 is 38.3. The quantitative estimate of drug-likeness (QED) is 0.687. The minimum Gasteiger partial charge on any atom is -0.261 e. The number of aromatic nitrogens is 2. The van der Waals surface area contributed by atoms with E-state index in [4.69, 9.17) is 0 Å². The van der Waals surface area contributed by atoms with E-state index in [1.165, 1.54) is 6.07 Å². The van der Waals surface area contributed by atoms with Crippen LogP contribution in [0.3, 0.4) is 0 Å². The number of fused-ring (bicyclic) bond motifs is 1. The fourth-order valence-corrected chi connectivity index (χ4v) is 1.52. The summed E-state index contributed by atoms with van der Waals surface area (Å²) >= 11 is 0. The molecule has 0 bridgehead atoms. The first kappa shape index (κ1) is 14.2. The summed E-state index contributed by atoms with van der Waals surface area (Å²) in [5.41, 5.74) is 3.58. The van der Waals surface area contributed by atoms with Crippen molar-refractivity contribution in [2.45, 2.75) is 26.4 Å². The predicted molar refractivity (Wildman–Crippen MR) is 71.6 cm³/mol. The molecular weight excluding hydrogens is 269 g/mol. The second-order valence-electron chi connectivity index (χ2n) is 4.22. The number of hydrogen-bond donors (Lipinski definition) is 1. The minimum atomic E-state index is -4.59. The largest absolute Gasteiger partial charge is 0.451 e. The van der Waals surface area contributed by atoms with Gasteiger partial charge in [-0.05, 0) is 25.5 Å². The van der Waals surface area contributed by atoms with Crippen molar-refractivity contribution >= 4 is 22.4 Å². The molecule has 0 aliphatic rings. The summed E-state index contributed by atoms with van der Waals surface area (Å²) in [5.74, 6) is -1.13. The van der Waals surface area contributed by atoms with Crippen molar-refractivity contribution in [3.8, 4) is 0 Å². The topological polar surface area (TPSA) is 50.2 Å². The van der Waals surface area contributed by atoms with E-state index in [1.807, 2.05) is 6.92 Å². The molecule has 1 aromatic carbocycles. The average Bonchev–Trinajstić information content (AvgIpc) is 2.43. The number of nitrogens with zero attached hydrogens (tertiary/aromatic N) is 3. The van der Waals surface area contributed by atoms with Crippen LogP contribution < -0.4 is 5.43 Å². The van der Waals surface area contributed by atoms with E-state index in [2.05, 4.69) is 20.5 Å². The molecule has 4 nitrogen and oxygen atoms in total. The predicted octanol–water partition coefficient (Wildman–Crippen LogP) is 3.85. The standard InChI is InChI=1S/C13H13F3N4/c1-3-8(2)19-20-11-9-6-4-5-7-10(9)17-12(18-11)13(14,15)16/h4-7H,3H2,1-2H3,(H,17,18,20). The molecule has 7 heteroatoms. The first-order valence-corrected chi connectivity index (χ1v) is 6.05. The molecule has 0 aliphatic heterocycles. The highest BCUT2D eigenvalue weighted by atomic mass is 19.4. The van der Waals surface area contributed by atoms with E-state index in [1.54, 1.807) is 25.1 Å². The van der Waals surface area contributed by atoms with Gasteiger partial charge in [0, 0.05) is 11.1 Å². The van der Waals surface area contributed by atoms with Gasteiger partial charge in [0.15, 0.2) is 5.82 Å². The van der Waals surface area contributed by atoms with Gasteiger partial charge in [-0.1, -0.05) is 19.1 Å². The van der Waals surface area contributed by atoms with E-state index >= 15 is 0 Å². The Morgan fingerprint density at radius 2 is 1.95 bits per heavy atom. The highest BCUT2D eigenvalue weighted by molar-refractivity contribution is 5.90. The molecule has 0 radical (unpaired) electrons. The molecule has 2 aromatic rings. The van der Waals surface area contributed by atoms with Crippen LogP contribution in [0.15, 0.2) is 29.4 Å². The van der Waals surface area contributed by atoms with Gasteiger partial charge in [-0.2, -0.15) is 18.3 Å². The van der Waals surface area contributed by atoms with Crippen molar-refractivity contribution in [1.82, 2.24) is 9.97 Å². The Labute approximate surface area is 113 Å². The van der Waals surface area contributed by atoms with Crippen LogP contribution in [-0.4, -0.2) is 15.7 Å². The fraction of sp³-hybridized carbons (Fsp3) is 0.308. The lowest BCUT2D eigenvalue weighted by Gasteiger charge is -2.10. The highest BCUT2D eigenvalue weighted by Crippen LogP contribution is 2.30. The third-order valence-corrected chi connectivity index (χ3v) is 2.72. The molecule has 0 fully saturated rings. The van der Waals surface area contributed by atoms with Crippen molar-refractivity contribution in [3.63, 3.8) is 0 Å². The molecule has 0 saturated carbocycles. The first-order chi connectivity index (χ1) is 9.41. The van der Waals surface area contributed by atoms with Gasteiger partial charge in [0.05, 0.1) is 5.52 Å². The molecular formula is C13H13F3N4. The zero-order valence-corrected chi connectivity index (χ0v) is 11.0. The Bertz CT molecular complexity index is 650.